The number of urea groups is 1. The summed E-state index contributed by atoms with van der Waals surface area (Å²) in [6.07, 6.45) is 3.71. The van der Waals surface area contributed by atoms with Gasteiger partial charge in [0.05, 0.1) is 7.11 Å². The van der Waals surface area contributed by atoms with E-state index in [1.165, 1.54) is 26.0 Å². The minimum Gasteiger partial charge on any atom is -0.480 e. The fourth-order valence-electron chi connectivity index (χ4n) is 6.66. The Balaban J connectivity index is 2.21. The number of aliphatic imine (C=N–C) groups is 1. The number of aromatic amines is 1. The lowest BCUT2D eigenvalue weighted by Crippen LogP contribution is -2.59. The highest BCUT2D eigenvalue weighted by Crippen LogP contribution is 2.20. The number of carboxylic acids is 1. The molecule has 13 N–H and O–H groups in total. The maximum Gasteiger partial charge on any atom is 0.328 e. The number of fused-ring (bicyclic) bond motifs is 1. The molecule has 20 heteroatoms. The number of esters is 1. The Morgan fingerprint density at radius 3 is 2.02 bits per heavy atom. The number of ether oxygens (including phenoxy) is 1. The fraction of sp³-hybridized carbons (Fsp3) is 0.610. The number of hydrogen-bond donors (Lipinski definition) is 10. The first kappa shape index (κ1) is 51.2. The van der Waals surface area contributed by atoms with Crippen LogP contribution in [0.25, 0.3) is 10.9 Å². The van der Waals surface area contributed by atoms with Crippen molar-refractivity contribution in [1.29, 1.82) is 0 Å². The zero-order valence-corrected chi connectivity index (χ0v) is 36.4. The SMILES string of the molecule is COC(=O)[C@@H](CCCN=C(N)N)NC(=O)N[C@@H](CCCCN)C(=O)N[C@@H](C)C(=O)N[C@@H](CC(C)C)C(=O)N(C)[C@@H](CC(C)C)C(=O)N[C@@H](Cc1c[nH]c2ccccc12)C(=O)O. The van der Waals surface area contributed by atoms with E-state index in [1.807, 2.05) is 52.0 Å². The van der Waals surface area contributed by atoms with Crippen molar-refractivity contribution in [1.82, 2.24) is 36.5 Å². The van der Waals surface area contributed by atoms with Crippen LogP contribution in [0.1, 0.15) is 85.1 Å². The molecule has 20 nitrogen and oxygen atoms in total. The largest absolute Gasteiger partial charge is 0.480 e. The van der Waals surface area contributed by atoms with Gasteiger partial charge in [0.1, 0.15) is 36.3 Å². The van der Waals surface area contributed by atoms with Crippen molar-refractivity contribution in [2.75, 3.05) is 27.2 Å². The van der Waals surface area contributed by atoms with Crippen LogP contribution >= 0.6 is 0 Å². The number of methoxy groups -OCH3 is 1. The monoisotopic (exact) mass is 858 g/mol. The van der Waals surface area contributed by atoms with Gasteiger partial charge in [-0.25, -0.2) is 14.4 Å². The molecule has 340 valence electrons. The fourth-order valence-corrected chi connectivity index (χ4v) is 6.66. The number of guanidine groups is 1. The number of benzene rings is 1. The van der Waals surface area contributed by atoms with Crippen molar-refractivity contribution >= 4 is 58.5 Å². The van der Waals surface area contributed by atoms with Gasteiger partial charge in [-0.1, -0.05) is 45.9 Å². The Labute approximate surface area is 357 Å². The number of aromatic nitrogens is 1. The van der Waals surface area contributed by atoms with Gasteiger partial charge in [-0.15, -0.1) is 0 Å². The lowest BCUT2D eigenvalue weighted by molar-refractivity contribution is -0.146. The van der Waals surface area contributed by atoms with E-state index in [4.69, 9.17) is 21.9 Å². The molecule has 6 atom stereocenters. The Morgan fingerprint density at radius 1 is 0.787 bits per heavy atom. The molecule has 2 aromatic rings. The van der Waals surface area contributed by atoms with Gasteiger partial charge in [0.2, 0.25) is 23.6 Å². The number of nitrogens with zero attached hydrogens (tertiary/aromatic N) is 2. The quantitative estimate of drug-likeness (QED) is 0.0269. The number of amides is 6. The second-order valence-corrected chi connectivity index (χ2v) is 16.0. The number of nitrogens with one attached hydrogen (secondary N) is 6. The molecule has 1 aromatic carbocycles. The number of para-hydroxylation sites is 1. The number of hydrogen-bond acceptors (Lipinski definition) is 10. The molecule has 6 amide bonds. The highest BCUT2D eigenvalue weighted by atomic mass is 16.5. The van der Waals surface area contributed by atoms with Gasteiger partial charge in [-0.2, -0.15) is 0 Å². The van der Waals surface area contributed by atoms with Crippen LogP contribution in [0.4, 0.5) is 4.79 Å². The molecule has 1 aromatic heterocycles. The van der Waals surface area contributed by atoms with Gasteiger partial charge in [-0.3, -0.25) is 24.2 Å². The number of H-pyrrole nitrogens is 1. The summed E-state index contributed by atoms with van der Waals surface area (Å²) in [6.45, 7) is 9.41. The molecular weight excluding hydrogens is 791 g/mol. The highest BCUT2D eigenvalue weighted by molar-refractivity contribution is 5.96. The molecular formula is C41H67N11O9. The lowest BCUT2D eigenvalue weighted by atomic mass is 9.98. The van der Waals surface area contributed by atoms with E-state index in [-0.39, 0.29) is 56.4 Å². The Kier molecular flexibility index (Phi) is 21.5. The summed E-state index contributed by atoms with van der Waals surface area (Å²) < 4.78 is 4.81. The standard InChI is InChI=1S/C41H67N11O9/c1-23(2)19-31(37(56)52(6)33(20-24(3)4)36(55)49-32(38(57)58)21-26-22-46-28-14-9-8-13-27(26)28)48-34(53)25(5)47-35(54)29(15-10-11-17-42)50-41(60)51-30(39(59)61-7)16-12-18-45-40(43)44/h8-9,13-14,22-25,29-33,46H,10-12,15-21,42H2,1-7H3,(H,47,54)(H,48,53)(H,49,55)(H,57,58)(H4,43,44,45)(H2,50,51,60)/t25-,29-,30+,31-,32-,33-/m0/s1. The van der Waals surface area contributed by atoms with E-state index in [9.17, 15) is 38.7 Å². The molecule has 0 saturated heterocycles. The molecule has 61 heavy (non-hydrogen) atoms. The Bertz CT molecular complexity index is 1810. The third-order valence-corrected chi connectivity index (χ3v) is 9.90. The van der Waals surface area contributed by atoms with Gasteiger partial charge in [0, 0.05) is 37.1 Å². The van der Waals surface area contributed by atoms with Crippen LogP contribution in [0.5, 0.6) is 0 Å². The zero-order chi connectivity index (χ0) is 45.8. The summed E-state index contributed by atoms with van der Waals surface area (Å²) in [7, 11) is 2.61. The summed E-state index contributed by atoms with van der Waals surface area (Å²) >= 11 is 0. The number of carboxylic acid groups (broad SMARTS) is 1. The van der Waals surface area contributed by atoms with Crippen LogP contribution in [0, 0.1) is 11.8 Å². The lowest BCUT2D eigenvalue weighted by Gasteiger charge is -2.33. The maximum atomic E-state index is 14.2. The predicted molar refractivity (Wildman–Crippen MR) is 231 cm³/mol. The summed E-state index contributed by atoms with van der Waals surface area (Å²) in [4.78, 5) is 101. The first-order valence-corrected chi connectivity index (χ1v) is 20.6. The van der Waals surface area contributed by atoms with Gasteiger partial charge >= 0.3 is 18.0 Å². The molecule has 0 aliphatic rings. The number of nitrogens with two attached hydrogens (primary N) is 3. The van der Waals surface area contributed by atoms with E-state index in [0.29, 0.717) is 31.4 Å². The Morgan fingerprint density at radius 2 is 1.41 bits per heavy atom. The smallest absolute Gasteiger partial charge is 0.328 e. The third-order valence-electron chi connectivity index (χ3n) is 9.90. The number of likely N-dealkylation sites (N-methyl/N-ethyl adjacent to an activating group) is 1. The second kappa shape index (κ2) is 25.6. The number of carbonyl (C=O) groups is 7. The van der Waals surface area contributed by atoms with Gasteiger partial charge in [0.15, 0.2) is 5.96 Å². The molecule has 0 saturated carbocycles. The van der Waals surface area contributed by atoms with Crippen LogP contribution in [0.15, 0.2) is 35.5 Å². The molecule has 1 heterocycles. The summed E-state index contributed by atoms with van der Waals surface area (Å²) in [5.41, 5.74) is 17.9. The van der Waals surface area contributed by atoms with Crippen LogP contribution in [-0.4, -0.2) is 126 Å². The molecule has 0 radical (unpaired) electrons. The Hall–Kier alpha value is -5.92. The van der Waals surface area contributed by atoms with Crippen LogP contribution < -0.4 is 43.8 Å². The van der Waals surface area contributed by atoms with Gasteiger partial charge < -0.3 is 63.5 Å². The van der Waals surface area contributed by atoms with Crippen molar-refractivity contribution in [2.24, 2.45) is 34.0 Å². The van der Waals surface area contributed by atoms with Crippen LogP contribution in [0.2, 0.25) is 0 Å². The van der Waals surface area contributed by atoms with Crippen LogP contribution in [0.3, 0.4) is 0 Å². The summed E-state index contributed by atoms with van der Waals surface area (Å²) in [5.74, 6) is -4.88. The zero-order valence-electron chi connectivity index (χ0n) is 36.4. The van der Waals surface area contributed by atoms with Crippen molar-refractivity contribution < 1.29 is 43.4 Å². The number of rotatable bonds is 26. The number of aliphatic carboxylic acids is 1. The van der Waals surface area contributed by atoms with Crippen molar-refractivity contribution in [3.63, 3.8) is 0 Å². The molecule has 0 bridgehead atoms. The van der Waals surface area contributed by atoms with E-state index >= 15 is 0 Å². The van der Waals surface area contributed by atoms with Gasteiger partial charge in [-0.05, 0) is 81.9 Å². The summed E-state index contributed by atoms with van der Waals surface area (Å²) in [5, 5.41) is 24.0. The molecule has 2 rings (SSSR count). The number of carbonyl (C=O) groups excluding carboxylic acids is 6. The van der Waals surface area contributed by atoms with E-state index in [2.05, 4.69) is 36.6 Å². The molecule has 0 unspecified atom stereocenters. The summed E-state index contributed by atoms with van der Waals surface area (Å²) in [6, 6.07) is -0.311. The second-order valence-electron chi connectivity index (χ2n) is 16.0. The minimum atomic E-state index is -1.29. The first-order valence-electron chi connectivity index (χ1n) is 20.6. The topological polar surface area (TPSA) is 319 Å². The number of unbranched alkanes of at least 4 members (excludes halogenated alkanes) is 1. The van der Waals surface area contributed by atoms with Crippen molar-refractivity contribution in [3.05, 3.63) is 36.0 Å². The average molecular weight is 858 g/mol. The highest BCUT2D eigenvalue weighted by Gasteiger charge is 2.36. The third kappa shape index (κ3) is 17.3. The maximum absolute atomic E-state index is 14.2. The first-order chi connectivity index (χ1) is 28.8. The van der Waals surface area contributed by atoms with Gasteiger partial charge in [0.25, 0.3) is 0 Å². The minimum absolute atomic E-state index is 0.00330. The van der Waals surface area contributed by atoms with Crippen LogP contribution in [-0.2, 0) is 39.9 Å². The normalized spacial score (nSPS) is 14.1. The molecule has 0 aliphatic heterocycles. The van der Waals surface area contributed by atoms with Crippen molar-refractivity contribution in [3.8, 4) is 0 Å². The predicted octanol–water partition coefficient (Wildman–Crippen LogP) is 0.580. The van der Waals surface area contributed by atoms with E-state index in [0.717, 1.165) is 10.9 Å². The van der Waals surface area contributed by atoms with Crippen molar-refractivity contribution in [2.45, 2.75) is 122 Å². The van der Waals surface area contributed by atoms with E-state index < -0.39 is 77.8 Å². The van der Waals surface area contributed by atoms with E-state index in [1.54, 1.807) is 6.20 Å². The average Bonchev–Trinajstić information content (AvgIpc) is 3.61. The molecule has 0 spiro atoms. The molecule has 0 aliphatic carbocycles. The molecule has 0 fully saturated rings.